The fourth-order valence-electron chi connectivity index (χ4n) is 4.74. The Morgan fingerprint density at radius 2 is 1.64 bits per heavy atom. The third-order valence-electron chi connectivity index (χ3n) is 6.65. The molecule has 0 spiro atoms. The lowest BCUT2D eigenvalue weighted by molar-refractivity contribution is -0.671. The number of carbonyl (C=O) groups is 2. The average molecular weight is 548 g/mol. The maximum absolute atomic E-state index is 13.6. The summed E-state index contributed by atoms with van der Waals surface area (Å²) < 4.78 is 4.18. The summed E-state index contributed by atoms with van der Waals surface area (Å²) in [5.74, 6) is -0.575. The van der Waals surface area contributed by atoms with Gasteiger partial charge < -0.3 is 26.8 Å². The molecule has 5 rings (SSSR count). The lowest BCUT2D eigenvalue weighted by atomic mass is 9.93. The molecule has 0 aliphatic carbocycles. The molecule has 0 radical (unpaired) electrons. The number of rotatable bonds is 7. The SMILES string of the molecule is CCN(CCn1cc[n+](C)c1)c1ccc(N2C(=O)c3cccc4cc(N(C)C)cc(c34)C2=O)cc1.[Br-]. The molecule has 7 nitrogen and oxygen atoms in total. The van der Waals surface area contributed by atoms with E-state index in [1.807, 2.05) is 85.3 Å². The van der Waals surface area contributed by atoms with Crippen molar-refractivity contribution >= 4 is 39.6 Å². The Balaban J connectivity index is 0.00000304. The van der Waals surface area contributed by atoms with E-state index in [2.05, 4.69) is 28.9 Å². The van der Waals surface area contributed by atoms with E-state index >= 15 is 0 Å². The summed E-state index contributed by atoms with van der Waals surface area (Å²) in [5, 5.41) is 1.63. The zero-order valence-electron chi connectivity index (χ0n) is 21.0. The van der Waals surface area contributed by atoms with Gasteiger partial charge in [0, 0.05) is 43.0 Å². The molecule has 0 N–H and O–H groups in total. The Kier molecular flexibility index (Phi) is 7.17. The van der Waals surface area contributed by atoms with E-state index < -0.39 is 0 Å². The predicted molar refractivity (Wildman–Crippen MR) is 139 cm³/mol. The Morgan fingerprint density at radius 1 is 0.917 bits per heavy atom. The molecule has 0 bridgehead atoms. The van der Waals surface area contributed by atoms with Crippen LogP contribution in [-0.2, 0) is 13.6 Å². The van der Waals surface area contributed by atoms with Crippen molar-refractivity contribution in [2.24, 2.45) is 7.05 Å². The van der Waals surface area contributed by atoms with Gasteiger partial charge in [-0.25, -0.2) is 14.0 Å². The predicted octanol–water partition coefficient (Wildman–Crippen LogP) is 0.863. The molecule has 2 amide bonds. The van der Waals surface area contributed by atoms with E-state index in [0.717, 1.165) is 41.8 Å². The number of benzene rings is 3. The summed E-state index contributed by atoms with van der Waals surface area (Å²) in [5.41, 5.74) is 3.68. The van der Waals surface area contributed by atoms with Gasteiger partial charge in [0.1, 0.15) is 18.9 Å². The number of amides is 2. The number of hydrogen-bond donors (Lipinski definition) is 0. The first-order valence-corrected chi connectivity index (χ1v) is 11.9. The highest BCUT2D eigenvalue weighted by atomic mass is 79.9. The number of imidazole rings is 1. The lowest BCUT2D eigenvalue weighted by Crippen LogP contribution is -3.00. The van der Waals surface area contributed by atoms with Crippen molar-refractivity contribution in [3.05, 3.63) is 84.4 Å². The molecule has 36 heavy (non-hydrogen) atoms. The molecule has 1 aliphatic heterocycles. The van der Waals surface area contributed by atoms with Gasteiger partial charge in [-0.15, -0.1) is 0 Å². The first-order chi connectivity index (χ1) is 16.9. The van der Waals surface area contributed by atoms with Gasteiger partial charge in [0.15, 0.2) is 0 Å². The standard InChI is InChI=1S/C28H30N5O2.BrH/c1-5-32(16-15-31-14-13-30(4)19-31)21-9-11-22(12-10-21)33-27(34)24-8-6-7-20-17-23(29(2)3)18-25(26(20)24)28(33)35;/h6-14,17-19H,5,15-16H2,1-4H3;1H/q+1;/p-1. The Hall–Kier alpha value is -3.65. The topological polar surface area (TPSA) is 52.7 Å². The second-order valence-electron chi connectivity index (χ2n) is 9.15. The zero-order chi connectivity index (χ0) is 24.7. The monoisotopic (exact) mass is 547 g/mol. The molecule has 1 aromatic heterocycles. The molecule has 0 unspecified atom stereocenters. The Bertz CT molecular complexity index is 1430. The number of hydrogen-bond acceptors (Lipinski definition) is 4. The molecule has 0 saturated heterocycles. The van der Waals surface area contributed by atoms with E-state index in [4.69, 9.17) is 0 Å². The van der Waals surface area contributed by atoms with Crippen LogP contribution < -0.4 is 36.2 Å². The van der Waals surface area contributed by atoms with Crippen LogP contribution in [0, 0.1) is 0 Å². The number of aromatic nitrogens is 2. The Labute approximate surface area is 221 Å². The van der Waals surface area contributed by atoms with Crippen molar-refractivity contribution in [2.75, 3.05) is 41.9 Å². The number of likely N-dealkylation sites (N-methyl/N-ethyl adjacent to an activating group) is 1. The molecule has 8 heteroatoms. The van der Waals surface area contributed by atoms with Crippen molar-refractivity contribution in [3.8, 4) is 0 Å². The van der Waals surface area contributed by atoms with E-state index in [1.165, 1.54) is 4.90 Å². The van der Waals surface area contributed by atoms with Crippen LogP contribution in [0.15, 0.2) is 73.3 Å². The van der Waals surface area contributed by atoms with Crippen molar-refractivity contribution in [3.63, 3.8) is 0 Å². The largest absolute Gasteiger partial charge is 1.00 e. The number of carbonyl (C=O) groups excluding carboxylic acids is 2. The van der Waals surface area contributed by atoms with E-state index in [0.29, 0.717) is 16.8 Å². The minimum Gasteiger partial charge on any atom is -1.00 e. The number of halogens is 1. The summed E-state index contributed by atoms with van der Waals surface area (Å²) in [7, 11) is 5.90. The number of aryl methyl sites for hydroxylation is 1. The van der Waals surface area contributed by atoms with Gasteiger partial charge in [0.25, 0.3) is 11.8 Å². The number of nitrogens with zero attached hydrogens (tertiary/aromatic N) is 5. The molecule has 0 fully saturated rings. The molecular weight excluding hydrogens is 518 g/mol. The van der Waals surface area contributed by atoms with Crippen LogP contribution in [-0.4, -0.2) is 43.6 Å². The van der Waals surface area contributed by atoms with Crippen LogP contribution in [0.3, 0.4) is 0 Å². The second-order valence-corrected chi connectivity index (χ2v) is 9.15. The van der Waals surface area contributed by atoms with E-state index in [-0.39, 0.29) is 28.8 Å². The van der Waals surface area contributed by atoms with Crippen molar-refractivity contribution in [2.45, 2.75) is 13.5 Å². The summed E-state index contributed by atoms with van der Waals surface area (Å²) in [6, 6.07) is 17.2. The van der Waals surface area contributed by atoms with Crippen LogP contribution in [0.1, 0.15) is 27.6 Å². The van der Waals surface area contributed by atoms with Gasteiger partial charge in [-0.2, -0.15) is 0 Å². The summed E-state index contributed by atoms with van der Waals surface area (Å²) in [6.45, 7) is 4.71. The molecular formula is C28H30BrN5O2. The first-order valence-electron chi connectivity index (χ1n) is 11.9. The van der Waals surface area contributed by atoms with Gasteiger partial charge in [0.2, 0.25) is 6.33 Å². The average Bonchev–Trinajstić information content (AvgIpc) is 3.28. The highest BCUT2D eigenvalue weighted by Crippen LogP contribution is 2.36. The third kappa shape index (κ3) is 4.48. The van der Waals surface area contributed by atoms with Gasteiger partial charge >= 0.3 is 0 Å². The highest BCUT2D eigenvalue weighted by Gasteiger charge is 2.34. The van der Waals surface area contributed by atoms with Crippen LogP contribution in [0.25, 0.3) is 10.8 Å². The summed E-state index contributed by atoms with van der Waals surface area (Å²) in [6.07, 6.45) is 6.15. The fourth-order valence-corrected chi connectivity index (χ4v) is 4.74. The Morgan fingerprint density at radius 3 is 2.28 bits per heavy atom. The fraction of sp³-hybridized carbons (Fsp3) is 0.250. The third-order valence-corrected chi connectivity index (χ3v) is 6.65. The second kappa shape index (κ2) is 10.1. The molecule has 0 saturated carbocycles. The van der Waals surface area contributed by atoms with Crippen molar-refractivity contribution in [1.29, 1.82) is 0 Å². The van der Waals surface area contributed by atoms with Crippen LogP contribution in [0.5, 0.6) is 0 Å². The molecule has 0 atom stereocenters. The maximum Gasteiger partial charge on any atom is 0.266 e. The first kappa shape index (κ1) is 25.4. The molecule has 3 aromatic carbocycles. The van der Waals surface area contributed by atoms with Crippen molar-refractivity contribution < 1.29 is 31.1 Å². The smallest absolute Gasteiger partial charge is 0.266 e. The van der Waals surface area contributed by atoms with Crippen LogP contribution in [0.4, 0.5) is 17.1 Å². The van der Waals surface area contributed by atoms with Gasteiger partial charge in [-0.3, -0.25) is 9.59 Å². The normalized spacial score (nSPS) is 12.6. The molecule has 4 aromatic rings. The number of anilines is 3. The van der Waals surface area contributed by atoms with E-state index in [1.54, 1.807) is 6.07 Å². The summed E-state index contributed by atoms with van der Waals surface area (Å²) >= 11 is 0. The summed E-state index contributed by atoms with van der Waals surface area (Å²) in [4.78, 5) is 32.6. The van der Waals surface area contributed by atoms with E-state index in [9.17, 15) is 9.59 Å². The van der Waals surface area contributed by atoms with Crippen molar-refractivity contribution in [1.82, 2.24) is 4.57 Å². The molecule has 186 valence electrons. The zero-order valence-corrected chi connectivity index (χ0v) is 22.6. The number of imide groups is 1. The lowest BCUT2D eigenvalue weighted by Gasteiger charge is -2.29. The quantitative estimate of drug-likeness (QED) is 0.254. The highest BCUT2D eigenvalue weighted by molar-refractivity contribution is 6.36. The van der Waals surface area contributed by atoms with Crippen LogP contribution >= 0.6 is 0 Å². The molecule has 2 heterocycles. The maximum atomic E-state index is 13.6. The van der Waals surface area contributed by atoms with Crippen LogP contribution in [0.2, 0.25) is 0 Å². The van der Waals surface area contributed by atoms with Gasteiger partial charge in [0.05, 0.1) is 24.8 Å². The van der Waals surface area contributed by atoms with Gasteiger partial charge in [-0.1, -0.05) is 12.1 Å². The minimum atomic E-state index is -0.289. The minimum absolute atomic E-state index is 0. The van der Waals surface area contributed by atoms with Gasteiger partial charge in [-0.05, 0) is 54.8 Å². The molecule has 1 aliphatic rings.